The van der Waals surface area contributed by atoms with Crippen molar-refractivity contribution in [1.82, 2.24) is 30.8 Å². The highest BCUT2D eigenvalue weighted by atomic mass is 16.5. The van der Waals surface area contributed by atoms with Gasteiger partial charge in [0.05, 0.1) is 12.3 Å². The predicted octanol–water partition coefficient (Wildman–Crippen LogP) is 0.408. The Morgan fingerprint density at radius 3 is 2.96 bits per heavy atom. The van der Waals surface area contributed by atoms with Crippen molar-refractivity contribution in [2.75, 3.05) is 33.4 Å². The molecule has 2 heterocycles. The standard InChI is InChI=1S/C16H22N6O2/c1-24-11-16(5-7-17-8-6-16)10-18-15(23)13-3-2-4-14(9-13)22-12-19-20-21-22/h2-4,9,12,17H,5-8,10-11H2,1H3,(H,18,23). The van der Waals surface area contributed by atoms with E-state index in [4.69, 9.17) is 4.74 Å². The van der Waals surface area contributed by atoms with E-state index in [1.54, 1.807) is 19.2 Å². The molecule has 0 radical (unpaired) electrons. The summed E-state index contributed by atoms with van der Waals surface area (Å²) in [5.74, 6) is -0.0982. The van der Waals surface area contributed by atoms with Crippen LogP contribution in [0.3, 0.4) is 0 Å². The first-order valence-corrected chi connectivity index (χ1v) is 8.04. The van der Waals surface area contributed by atoms with E-state index < -0.39 is 0 Å². The minimum Gasteiger partial charge on any atom is -0.384 e. The van der Waals surface area contributed by atoms with Crippen molar-refractivity contribution in [3.8, 4) is 5.69 Å². The molecule has 8 nitrogen and oxygen atoms in total. The van der Waals surface area contributed by atoms with Crippen LogP contribution in [0, 0.1) is 5.41 Å². The Kier molecular flexibility index (Phi) is 5.17. The van der Waals surface area contributed by atoms with Gasteiger partial charge < -0.3 is 15.4 Å². The topological polar surface area (TPSA) is 94.0 Å². The number of rotatable bonds is 6. The minimum absolute atomic E-state index is 0.00307. The van der Waals surface area contributed by atoms with Gasteiger partial charge in [0.25, 0.3) is 5.91 Å². The van der Waals surface area contributed by atoms with Gasteiger partial charge in [-0.05, 0) is 54.6 Å². The zero-order valence-electron chi connectivity index (χ0n) is 13.7. The number of amides is 1. The van der Waals surface area contributed by atoms with Crippen LogP contribution in [0.2, 0.25) is 0 Å². The van der Waals surface area contributed by atoms with E-state index in [1.807, 2.05) is 12.1 Å². The van der Waals surface area contributed by atoms with Crippen molar-refractivity contribution in [3.05, 3.63) is 36.2 Å². The van der Waals surface area contributed by atoms with E-state index in [-0.39, 0.29) is 11.3 Å². The lowest BCUT2D eigenvalue weighted by molar-refractivity contribution is 0.0512. The molecule has 0 aliphatic carbocycles. The molecule has 1 aliphatic heterocycles. The van der Waals surface area contributed by atoms with Crippen molar-refractivity contribution >= 4 is 5.91 Å². The number of piperidine rings is 1. The van der Waals surface area contributed by atoms with E-state index in [1.165, 1.54) is 11.0 Å². The molecule has 1 aromatic heterocycles. The number of tetrazole rings is 1. The third-order valence-electron chi connectivity index (χ3n) is 4.46. The summed E-state index contributed by atoms with van der Waals surface area (Å²) in [7, 11) is 1.71. The molecule has 3 rings (SSSR count). The molecule has 128 valence electrons. The van der Waals surface area contributed by atoms with Crippen LogP contribution < -0.4 is 10.6 Å². The maximum Gasteiger partial charge on any atom is 0.251 e. The van der Waals surface area contributed by atoms with Crippen LogP contribution in [0.15, 0.2) is 30.6 Å². The predicted molar refractivity (Wildman–Crippen MR) is 87.9 cm³/mol. The first-order valence-electron chi connectivity index (χ1n) is 8.04. The third-order valence-corrected chi connectivity index (χ3v) is 4.46. The molecule has 0 spiro atoms. The van der Waals surface area contributed by atoms with Gasteiger partial charge >= 0.3 is 0 Å². The van der Waals surface area contributed by atoms with Gasteiger partial charge in [0, 0.05) is 24.6 Å². The van der Waals surface area contributed by atoms with Gasteiger partial charge in [0.1, 0.15) is 6.33 Å². The lowest BCUT2D eigenvalue weighted by atomic mass is 9.79. The molecule has 1 fully saturated rings. The summed E-state index contributed by atoms with van der Waals surface area (Å²) < 4.78 is 6.91. The SMILES string of the molecule is COCC1(CNC(=O)c2cccc(-n3cnnn3)c2)CCNCC1. The van der Waals surface area contributed by atoms with Crippen molar-refractivity contribution in [2.24, 2.45) is 5.41 Å². The van der Waals surface area contributed by atoms with Gasteiger partial charge in [-0.2, -0.15) is 0 Å². The number of ether oxygens (including phenoxy) is 1. The third kappa shape index (κ3) is 3.77. The average molecular weight is 330 g/mol. The van der Waals surface area contributed by atoms with Gasteiger partial charge in [0.15, 0.2) is 0 Å². The van der Waals surface area contributed by atoms with E-state index in [2.05, 4.69) is 26.2 Å². The number of hydrogen-bond donors (Lipinski definition) is 2. The normalized spacial score (nSPS) is 16.7. The van der Waals surface area contributed by atoms with Gasteiger partial charge in [-0.15, -0.1) is 5.10 Å². The molecular formula is C16H22N6O2. The van der Waals surface area contributed by atoms with E-state index >= 15 is 0 Å². The monoisotopic (exact) mass is 330 g/mol. The number of carbonyl (C=O) groups excluding carboxylic acids is 1. The number of methoxy groups -OCH3 is 1. The molecule has 1 aromatic carbocycles. The largest absolute Gasteiger partial charge is 0.384 e. The fourth-order valence-corrected chi connectivity index (χ4v) is 3.07. The minimum atomic E-state index is -0.0982. The van der Waals surface area contributed by atoms with Gasteiger partial charge in [-0.25, -0.2) is 4.68 Å². The Bertz CT molecular complexity index is 661. The summed E-state index contributed by atoms with van der Waals surface area (Å²) in [6.45, 7) is 3.16. The number of nitrogens with zero attached hydrogens (tertiary/aromatic N) is 4. The number of nitrogens with one attached hydrogen (secondary N) is 2. The van der Waals surface area contributed by atoms with Crippen LogP contribution in [0.5, 0.6) is 0 Å². The highest BCUT2D eigenvalue weighted by Gasteiger charge is 2.32. The fraction of sp³-hybridized carbons (Fsp3) is 0.500. The number of carbonyl (C=O) groups is 1. The smallest absolute Gasteiger partial charge is 0.251 e. The second-order valence-corrected chi connectivity index (χ2v) is 6.17. The maximum absolute atomic E-state index is 12.5. The highest BCUT2D eigenvalue weighted by Crippen LogP contribution is 2.28. The Balaban J connectivity index is 1.67. The second kappa shape index (κ2) is 7.50. The van der Waals surface area contributed by atoms with Crippen molar-refractivity contribution < 1.29 is 9.53 Å². The average Bonchev–Trinajstić information content (AvgIpc) is 3.16. The quantitative estimate of drug-likeness (QED) is 0.797. The Hall–Kier alpha value is -2.32. The highest BCUT2D eigenvalue weighted by molar-refractivity contribution is 5.94. The zero-order valence-corrected chi connectivity index (χ0v) is 13.7. The summed E-state index contributed by atoms with van der Waals surface area (Å²) in [4.78, 5) is 12.5. The summed E-state index contributed by atoms with van der Waals surface area (Å²) >= 11 is 0. The van der Waals surface area contributed by atoms with Crippen molar-refractivity contribution in [2.45, 2.75) is 12.8 Å². The van der Waals surface area contributed by atoms with Crippen LogP contribution in [-0.4, -0.2) is 59.5 Å². The number of aromatic nitrogens is 4. The number of hydrogen-bond acceptors (Lipinski definition) is 6. The van der Waals surface area contributed by atoms with E-state index in [0.29, 0.717) is 18.7 Å². The van der Waals surface area contributed by atoms with Gasteiger partial charge in [0.2, 0.25) is 0 Å². The molecule has 1 saturated heterocycles. The molecule has 0 saturated carbocycles. The van der Waals surface area contributed by atoms with Gasteiger partial charge in [-0.3, -0.25) is 4.79 Å². The molecule has 8 heteroatoms. The summed E-state index contributed by atoms with van der Waals surface area (Å²) in [5, 5.41) is 17.5. The lowest BCUT2D eigenvalue weighted by Crippen LogP contribution is -2.47. The lowest BCUT2D eigenvalue weighted by Gasteiger charge is -2.37. The van der Waals surface area contributed by atoms with Crippen LogP contribution in [0.4, 0.5) is 0 Å². The molecule has 0 unspecified atom stereocenters. The Morgan fingerprint density at radius 2 is 2.25 bits per heavy atom. The summed E-state index contributed by atoms with van der Waals surface area (Å²) in [6.07, 6.45) is 3.48. The molecule has 1 aliphatic rings. The van der Waals surface area contributed by atoms with E-state index in [0.717, 1.165) is 31.6 Å². The van der Waals surface area contributed by atoms with Crippen molar-refractivity contribution in [3.63, 3.8) is 0 Å². The Morgan fingerprint density at radius 1 is 1.42 bits per heavy atom. The summed E-state index contributed by atoms with van der Waals surface area (Å²) in [5.41, 5.74) is 1.34. The van der Waals surface area contributed by atoms with Crippen LogP contribution in [0.1, 0.15) is 23.2 Å². The van der Waals surface area contributed by atoms with Crippen LogP contribution in [0.25, 0.3) is 5.69 Å². The van der Waals surface area contributed by atoms with Crippen molar-refractivity contribution in [1.29, 1.82) is 0 Å². The summed E-state index contributed by atoms with van der Waals surface area (Å²) in [6, 6.07) is 7.24. The Labute approximate surface area is 140 Å². The molecular weight excluding hydrogens is 308 g/mol. The molecule has 2 N–H and O–H groups in total. The molecule has 1 amide bonds. The maximum atomic E-state index is 12.5. The van der Waals surface area contributed by atoms with Gasteiger partial charge in [-0.1, -0.05) is 6.07 Å². The second-order valence-electron chi connectivity index (χ2n) is 6.17. The van der Waals surface area contributed by atoms with Crippen LogP contribution >= 0.6 is 0 Å². The first kappa shape index (κ1) is 16.5. The first-order chi connectivity index (χ1) is 11.7. The molecule has 0 atom stereocenters. The fourth-order valence-electron chi connectivity index (χ4n) is 3.07. The molecule has 0 bridgehead atoms. The molecule has 2 aromatic rings. The number of benzene rings is 1. The van der Waals surface area contributed by atoms with E-state index in [9.17, 15) is 4.79 Å². The zero-order chi connectivity index (χ0) is 16.8. The van der Waals surface area contributed by atoms with Crippen LogP contribution in [-0.2, 0) is 4.74 Å². The molecule has 24 heavy (non-hydrogen) atoms.